The van der Waals surface area contributed by atoms with Gasteiger partial charge in [0.15, 0.2) is 11.4 Å². The number of hydrogen-bond donors (Lipinski definition) is 3. The Kier molecular flexibility index (Phi) is 5.48. The molecule has 4 N–H and O–H groups in total. The summed E-state index contributed by atoms with van der Waals surface area (Å²) in [6, 6.07) is 19.0. The number of carbonyl (C=O) groups excluding carboxylic acids is 1. The van der Waals surface area contributed by atoms with Gasteiger partial charge in [0.2, 0.25) is 5.88 Å². The van der Waals surface area contributed by atoms with Crippen molar-refractivity contribution in [2.45, 2.75) is 0 Å². The van der Waals surface area contributed by atoms with Gasteiger partial charge in [-0.1, -0.05) is 64.8 Å². The summed E-state index contributed by atoms with van der Waals surface area (Å²) >= 11 is 12.3. The van der Waals surface area contributed by atoms with Crippen molar-refractivity contribution in [1.82, 2.24) is 20.0 Å². The molecule has 0 fully saturated rings. The summed E-state index contributed by atoms with van der Waals surface area (Å²) in [6.45, 7) is 0. The van der Waals surface area contributed by atoms with Crippen LogP contribution in [0.15, 0.2) is 77.0 Å². The zero-order chi connectivity index (χ0) is 23.8. The van der Waals surface area contributed by atoms with E-state index in [9.17, 15) is 9.90 Å². The Bertz CT molecular complexity index is 1590. The Morgan fingerprint density at radius 1 is 1.03 bits per heavy atom. The van der Waals surface area contributed by atoms with Crippen LogP contribution in [0.3, 0.4) is 0 Å². The molecule has 34 heavy (non-hydrogen) atoms. The van der Waals surface area contributed by atoms with Crippen molar-refractivity contribution in [2.75, 3.05) is 5.73 Å². The summed E-state index contributed by atoms with van der Waals surface area (Å²) in [5.74, 6) is -0.977. The summed E-state index contributed by atoms with van der Waals surface area (Å²) in [5.41, 5.74) is 8.63. The van der Waals surface area contributed by atoms with Crippen LogP contribution in [0.5, 0.6) is 5.88 Å². The van der Waals surface area contributed by atoms with Gasteiger partial charge in [0.05, 0.1) is 26.9 Å². The highest BCUT2D eigenvalue weighted by Gasteiger charge is 2.24. The number of benzene rings is 3. The number of nitrogen functional groups attached to an aromatic ring is 1. The number of fused-ring (bicyclic) bond motifs is 1. The Hall–Kier alpha value is -4.21. The van der Waals surface area contributed by atoms with Crippen molar-refractivity contribution in [2.24, 2.45) is 10.2 Å². The lowest BCUT2D eigenvalue weighted by molar-refractivity contribution is 0.0991. The number of nitrogens with zero attached hydrogens (tertiary/aromatic N) is 5. The fraction of sp³-hybridized carbons (Fsp3) is 0. The SMILES string of the molecule is Nc1ccccc1-n1nnc(C(=O)N=Nc2c(O)[nH]c3ccccc23)c1-c1ccc(Cl)c(Cl)c1. The van der Waals surface area contributed by atoms with Crippen molar-refractivity contribution in [1.29, 1.82) is 0 Å². The van der Waals surface area contributed by atoms with Crippen LogP contribution in [0.1, 0.15) is 10.5 Å². The molecule has 0 aliphatic rings. The number of nitrogens with two attached hydrogens (primary N) is 1. The lowest BCUT2D eigenvalue weighted by atomic mass is 10.1. The van der Waals surface area contributed by atoms with Gasteiger partial charge in [-0.3, -0.25) is 4.79 Å². The van der Waals surface area contributed by atoms with E-state index < -0.39 is 5.91 Å². The number of nitrogens with one attached hydrogen (secondary N) is 1. The van der Waals surface area contributed by atoms with E-state index in [1.54, 1.807) is 60.7 Å². The number of hydrogen-bond acceptors (Lipinski definition) is 6. The molecule has 0 radical (unpaired) electrons. The highest BCUT2D eigenvalue weighted by atomic mass is 35.5. The molecular formula is C23H15Cl2N7O2. The number of azo groups is 1. The van der Waals surface area contributed by atoms with E-state index >= 15 is 0 Å². The van der Waals surface area contributed by atoms with Crippen molar-refractivity contribution in [3.63, 3.8) is 0 Å². The summed E-state index contributed by atoms with van der Waals surface area (Å²) in [4.78, 5) is 15.9. The van der Waals surface area contributed by atoms with E-state index in [4.69, 9.17) is 28.9 Å². The largest absolute Gasteiger partial charge is 0.493 e. The summed E-state index contributed by atoms with van der Waals surface area (Å²) in [5, 5.41) is 27.4. The van der Waals surface area contributed by atoms with Crippen molar-refractivity contribution >= 4 is 51.4 Å². The Morgan fingerprint density at radius 3 is 2.59 bits per heavy atom. The number of carbonyl (C=O) groups is 1. The van der Waals surface area contributed by atoms with Crippen LogP contribution < -0.4 is 5.73 Å². The first-order chi connectivity index (χ1) is 16.4. The smallest absolute Gasteiger partial charge is 0.318 e. The minimum Gasteiger partial charge on any atom is -0.493 e. The second-order valence-electron chi connectivity index (χ2n) is 7.26. The molecule has 1 amide bonds. The lowest BCUT2D eigenvalue weighted by Gasteiger charge is -2.10. The number of rotatable bonds is 4. The maximum absolute atomic E-state index is 13.1. The van der Waals surface area contributed by atoms with Crippen molar-refractivity contribution in [3.05, 3.63) is 82.5 Å². The predicted octanol–water partition coefficient (Wildman–Crippen LogP) is 5.93. The standard InChI is InChI=1S/C23H15Cl2N7O2/c24-14-10-9-12(11-15(14)25)21-20(29-31-32(21)18-8-4-2-6-16(18)26)23(34)30-28-19-13-5-1-3-7-17(13)27-22(19)33/h1-11,27,33H,26H2. The molecule has 2 heterocycles. The van der Waals surface area contributed by atoms with Crippen LogP contribution >= 0.6 is 23.2 Å². The third kappa shape index (κ3) is 3.76. The van der Waals surface area contributed by atoms with Crippen LogP contribution in [-0.2, 0) is 0 Å². The second-order valence-corrected chi connectivity index (χ2v) is 8.07. The fourth-order valence-corrected chi connectivity index (χ4v) is 3.83. The zero-order valence-electron chi connectivity index (χ0n) is 17.3. The Labute approximate surface area is 202 Å². The highest BCUT2D eigenvalue weighted by Crippen LogP contribution is 2.36. The average Bonchev–Trinajstić information content (AvgIpc) is 3.40. The molecule has 0 aliphatic heterocycles. The summed E-state index contributed by atoms with van der Waals surface area (Å²) < 4.78 is 1.43. The van der Waals surface area contributed by atoms with Crippen molar-refractivity contribution < 1.29 is 9.90 Å². The number of aromatic nitrogens is 4. The van der Waals surface area contributed by atoms with Gasteiger partial charge in [0.1, 0.15) is 5.69 Å². The first-order valence-electron chi connectivity index (χ1n) is 9.96. The van der Waals surface area contributed by atoms with Gasteiger partial charge in [-0.15, -0.1) is 15.3 Å². The zero-order valence-corrected chi connectivity index (χ0v) is 18.8. The number of anilines is 1. The van der Waals surface area contributed by atoms with E-state index in [2.05, 4.69) is 25.5 Å². The third-order valence-electron chi connectivity index (χ3n) is 5.13. The summed E-state index contributed by atoms with van der Waals surface area (Å²) in [6.07, 6.45) is 0. The normalized spacial score (nSPS) is 11.5. The first kappa shape index (κ1) is 21.6. The van der Waals surface area contributed by atoms with Gasteiger partial charge in [0, 0.05) is 10.9 Å². The van der Waals surface area contributed by atoms with E-state index in [0.717, 1.165) is 0 Å². The molecule has 0 saturated carbocycles. The number of H-pyrrole nitrogens is 1. The number of halogens is 2. The summed E-state index contributed by atoms with van der Waals surface area (Å²) in [7, 11) is 0. The van der Waals surface area contributed by atoms with Gasteiger partial charge < -0.3 is 15.8 Å². The van der Waals surface area contributed by atoms with Gasteiger partial charge in [0.25, 0.3) is 0 Å². The molecule has 168 valence electrons. The van der Waals surface area contributed by atoms with Crippen LogP contribution in [0.4, 0.5) is 11.4 Å². The quantitative estimate of drug-likeness (QED) is 0.211. The van der Waals surface area contributed by atoms with Gasteiger partial charge in [-0.2, -0.15) is 0 Å². The van der Waals surface area contributed by atoms with Crippen LogP contribution in [-0.4, -0.2) is 31.0 Å². The minimum absolute atomic E-state index is 0.0790. The van der Waals surface area contributed by atoms with E-state index in [1.165, 1.54) is 4.68 Å². The van der Waals surface area contributed by atoms with Crippen molar-refractivity contribution in [3.8, 4) is 22.8 Å². The maximum Gasteiger partial charge on any atom is 0.318 e. The Balaban J connectivity index is 1.63. The first-order valence-corrected chi connectivity index (χ1v) is 10.7. The molecule has 0 aliphatic carbocycles. The monoisotopic (exact) mass is 491 g/mol. The van der Waals surface area contributed by atoms with Crippen LogP contribution in [0.2, 0.25) is 10.0 Å². The number of amides is 1. The van der Waals surface area contributed by atoms with Gasteiger partial charge in [-0.25, -0.2) is 4.68 Å². The van der Waals surface area contributed by atoms with Crippen LogP contribution in [0.25, 0.3) is 27.8 Å². The van der Waals surface area contributed by atoms with Gasteiger partial charge in [-0.05, 0) is 30.3 Å². The molecule has 0 spiro atoms. The molecule has 5 aromatic rings. The number of para-hydroxylation sites is 3. The minimum atomic E-state index is -0.772. The van der Waals surface area contributed by atoms with E-state index in [0.29, 0.717) is 38.6 Å². The molecule has 3 aromatic carbocycles. The lowest BCUT2D eigenvalue weighted by Crippen LogP contribution is -2.05. The third-order valence-corrected chi connectivity index (χ3v) is 5.87. The molecule has 0 atom stereocenters. The van der Waals surface area contributed by atoms with Crippen LogP contribution in [0, 0.1) is 0 Å². The molecule has 0 saturated heterocycles. The number of aromatic amines is 1. The fourth-order valence-electron chi connectivity index (χ4n) is 3.53. The molecule has 2 aromatic heterocycles. The second kappa shape index (κ2) is 8.62. The maximum atomic E-state index is 13.1. The van der Waals surface area contributed by atoms with Gasteiger partial charge >= 0.3 is 5.91 Å². The van der Waals surface area contributed by atoms with E-state index in [1.807, 2.05) is 6.07 Å². The molecule has 11 heteroatoms. The number of aromatic hydroxyl groups is 1. The Morgan fingerprint density at radius 2 is 1.79 bits per heavy atom. The molecular weight excluding hydrogens is 477 g/mol. The topological polar surface area (TPSA) is 135 Å². The highest BCUT2D eigenvalue weighted by molar-refractivity contribution is 6.42. The molecule has 0 unspecified atom stereocenters. The van der Waals surface area contributed by atoms with E-state index in [-0.39, 0.29) is 22.3 Å². The molecule has 5 rings (SSSR count). The average molecular weight is 492 g/mol. The molecule has 9 nitrogen and oxygen atoms in total. The predicted molar refractivity (Wildman–Crippen MR) is 130 cm³/mol. The molecule has 0 bridgehead atoms.